The number of H-pyrrole nitrogens is 1. The number of hydrogen-bond acceptors (Lipinski definition) is 5. The summed E-state index contributed by atoms with van der Waals surface area (Å²) in [5.41, 5.74) is 0.289. The van der Waals surface area contributed by atoms with Gasteiger partial charge in [0.05, 0.1) is 12.8 Å². The van der Waals surface area contributed by atoms with Crippen molar-refractivity contribution in [2.45, 2.75) is 30.9 Å². The molecule has 1 saturated heterocycles. The van der Waals surface area contributed by atoms with E-state index >= 15 is 0 Å². The number of likely N-dealkylation sites (tertiary alicyclic amines) is 1. The van der Waals surface area contributed by atoms with Crippen LogP contribution in [0.5, 0.6) is 0 Å². The lowest BCUT2D eigenvalue weighted by molar-refractivity contribution is 0.213. The fraction of sp³-hybridized carbons (Fsp3) is 0.750. The monoisotopic (exact) mass is 302 g/mol. The van der Waals surface area contributed by atoms with Crippen LogP contribution in [0, 0.1) is 5.92 Å². The third-order valence-corrected chi connectivity index (χ3v) is 5.28. The van der Waals surface area contributed by atoms with E-state index < -0.39 is 10.0 Å². The van der Waals surface area contributed by atoms with E-state index in [1.165, 1.54) is 6.20 Å². The van der Waals surface area contributed by atoms with Crippen molar-refractivity contribution < 1.29 is 13.5 Å². The molecule has 3 N–H and O–H groups in total. The summed E-state index contributed by atoms with van der Waals surface area (Å²) in [5.74, 6) is 0.577. The zero-order chi connectivity index (χ0) is 14.6. The molecular formula is C12H22N4O3S. The van der Waals surface area contributed by atoms with Crippen molar-refractivity contribution in [3.63, 3.8) is 0 Å². The van der Waals surface area contributed by atoms with Gasteiger partial charge in [0.1, 0.15) is 0 Å². The summed E-state index contributed by atoms with van der Waals surface area (Å²) < 4.78 is 26.7. The maximum atomic E-state index is 12.1. The summed E-state index contributed by atoms with van der Waals surface area (Å²) in [6, 6.07) is 0. The third-order valence-electron chi connectivity index (χ3n) is 3.80. The smallest absolute Gasteiger partial charge is 0.257 e. The highest BCUT2D eigenvalue weighted by atomic mass is 32.2. The first-order valence-electron chi connectivity index (χ1n) is 6.84. The molecular weight excluding hydrogens is 280 g/mol. The van der Waals surface area contributed by atoms with Crippen LogP contribution in [-0.2, 0) is 16.6 Å². The largest absolute Gasteiger partial charge is 0.392 e. The minimum absolute atomic E-state index is 0.0385. The van der Waals surface area contributed by atoms with Gasteiger partial charge >= 0.3 is 0 Å². The van der Waals surface area contributed by atoms with Gasteiger partial charge in [0, 0.05) is 12.1 Å². The number of aromatic nitrogens is 2. The van der Waals surface area contributed by atoms with Crippen LogP contribution in [0.1, 0.15) is 24.8 Å². The molecule has 0 amide bonds. The molecule has 8 heteroatoms. The van der Waals surface area contributed by atoms with Gasteiger partial charge in [-0.1, -0.05) is 0 Å². The average Bonchev–Trinajstić information content (AvgIpc) is 2.90. The van der Waals surface area contributed by atoms with E-state index in [2.05, 4.69) is 26.9 Å². The first kappa shape index (κ1) is 15.4. The van der Waals surface area contributed by atoms with Crippen molar-refractivity contribution >= 4 is 10.0 Å². The van der Waals surface area contributed by atoms with Gasteiger partial charge in [-0.15, -0.1) is 0 Å². The Morgan fingerprint density at radius 1 is 1.50 bits per heavy atom. The van der Waals surface area contributed by atoms with E-state index in [-0.39, 0.29) is 17.2 Å². The van der Waals surface area contributed by atoms with Crippen LogP contribution in [0.4, 0.5) is 0 Å². The molecule has 0 saturated carbocycles. The first-order chi connectivity index (χ1) is 9.53. The second-order valence-corrected chi connectivity index (χ2v) is 7.02. The van der Waals surface area contributed by atoms with Crippen LogP contribution < -0.4 is 4.72 Å². The molecule has 0 bridgehead atoms. The predicted molar refractivity (Wildman–Crippen MR) is 74.5 cm³/mol. The third kappa shape index (κ3) is 3.78. The fourth-order valence-electron chi connectivity index (χ4n) is 2.46. The summed E-state index contributed by atoms with van der Waals surface area (Å²) in [7, 11) is -1.51. The van der Waals surface area contributed by atoms with Gasteiger partial charge in [-0.05, 0) is 45.3 Å². The molecule has 0 aliphatic carbocycles. The molecule has 114 valence electrons. The Labute approximate surface area is 119 Å². The number of aliphatic hydroxyl groups excluding tert-OH is 1. The SMILES string of the molecule is CN1CCC(CCNS(=O)(=O)c2[nH]ncc2CO)CC1. The number of hydrogen-bond donors (Lipinski definition) is 3. The van der Waals surface area contributed by atoms with Gasteiger partial charge in [0.2, 0.25) is 0 Å². The minimum atomic E-state index is -3.61. The van der Waals surface area contributed by atoms with Crippen LogP contribution in [0.2, 0.25) is 0 Å². The van der Waals surface area contributed by atoms with Gasteiger partial charge in [-0.25, -0.2) is 13.1 Å². The molecule has 2 rings (SSSR count). The predicted octanol–water partition coefficient (Wildman–Crippen LogP) is -0.0878. The van der Waals surface area contributed by atoms with E-state index in [0.717, 1.165) is 32.4 Å². The molecule has 1 aromatic rings. The second kappa shape index (κ2) is 6.66. The molecule has 7 nitrogen and oxygen atoms in total. The quantitative estimate of drug-likeness (QED) is 0.682. The Hall–Kier alpha value is -0.960. The topological polar surface area (TPSA) is 98.3 Å². The highest BCUT2D eigenvalue weighted by molar-refractivity contribution is 7.89. The summed E-state index contributed by atoms with van der Waals surface area (Å²) in [5, 5.41) is 15.1. The van der Waals surface area contributed by atoms with Crippen LogP contribution in [0.15, 0.2) is 11.2 Å². The van der Waals surface area contributed by atoms with Gasteiger partial charge < -0.3 is 10.0 Å². The summed E-state index contributed by atoms with van der Waals surface area (Å²) in [6.45, 7) is 2.22. The lowest BCUT2D eigenvalue weighted by Crippen LogP contribution is -2.33. The molecule has 2 heterocycles. The van der Waals surface area contributed by atoms with Crippen molar-refractivity contribution in [3.05, 3.63) is 11.8 Å². The van der Waals surface area contributed by atoms with E-state index in [4.69, 9.17) is 5.11 Å². The average molecular weight is 302 g/mol. The van der Waals surface area contributed by atoms with Crippen LogP contribution in [0.25, 0.3) is 0 Å². The normalized spacial score (nSPS) is 18.5. The van der Waals surface area contributed by atoms with Gasteiger partial charge in [-0.2, -0.15) is 5.10 Å². The molecule has 0 radical (unpaired) electrons. The number of nitrogens with one attached hydrogen (secondary N) is 2. The van der Waals surface area contributed by atoms with Gasteiger partial charge in [0.25, 0.3) is 10.0 Å². The molecule has 1 fully saturated rings. The van der Waals surface area contributed by atoms with Crippen molar-refractivity contribution in [3.8, 4) is 0 Å². The summed E-state index contributed by atoms with van der Waals surface area (Å²) in [4.78, 5) is 2.29. The molecule has 1 aromatic heterocycles. The van der Waals surface area contributed by atoms with E-state index in [1.54, 1.807) is 0 Å². The first-order valence-corrected chi connectivity index (χ1v) is 8.32. The van der Waals surface area contributed by atoms with E-state index in [9.17, 15) is 8.42 Å². The number of sulfonamides is 1. The molecule has 0 unspecified atom stereocenters. The van der Waals surface area contributed by atoms with Gasteiger partial charge in [-0.3, -0.25) is 5.10 Å². The fourth-order valence-corrected chi connectivity index (χ4v) is 3.63. The lowest BCUT2D eigenvalue weighted by Gasteiger charge is -2.28. The molecule has 0 aromatic carbocycles. The standard InChI is InChI=1S/C12H22N4O3S/c1-16-6-3-10(4-7-16)2-5-14-20(18,19)12-11(9-17)8-13-15-12/h8,10,14,17H,2-7,9H2,1H3,(H,13,15). The maximum absolute atomic E-state index is 12.1. The highest BCUT2D eigenvalue weighted by Gasteiger charge is 2.21. The Kier molecular flexibility index (Phi) is 5.14. The van der Waals surface area contributed by atoms with E-state index in [0.29, 0.717) is 12.5 Å². The molecule has 0 atom stereocenters. The van der Waals surface area contributed by atoms with Crippen molar-refractivity contribution in [2.24, 2.45) is 5.92 Å². The summed E-state index contributed by atoms with van der Waals surface area (Å²) in [6.07, 6.45) is 4.40. The number of aliphatic hydroxyl groups is 1. The van der Waals surface area contributed by atoms with Crippen LogP contribution in [0.3, 0.4) is 0 Å². The number of aromatic amines is 1. The van der Waals surface area contributed by atoms with Crippen LogP contribution in [-0.4, -0.2) is 55.3 Å². The molecule has 1 aliphatic rings. The van der Waals surface area contributed by atoms with Gasteiger partial charge in [0.15, 0.2) is 5.03 Å². The maximum Gasteiger partial charge on any atom is 0.257 e. The van der Waals surface area contributed by atoms with Crippen LogP contribution >= 0.6 is 0 Å². The Morgan fingerprint density at radius 2 is 2.20 bits per heavy atom. The Bertz CT molecular complexity index is 521. The Balaban J connectivity index is 1.84. The minimum Gasteiger partial charge on any atom is -0.392 e. The van der Waals surface area contributed by atoms with Crippen molar-refractivity contribution in [2.75, 3.05) is 26.7 Å². The highest BCUT2D eigenvalue weighted by Crippen LogP contribution is 2.19. The second-order valence-electron chi connectivity index (χ2n) is 5.32. The zero-order valence-corrected chi connectivity index (χ0v) is 12.5. The lowest BCUT2D eigenvalue weighted by atomic mass is 9.94. The zero-order valence-electron chi connectivity index (χ0n) is 11.7. The van der Waals surface area contributed by atoms with E-state index in [1.807, 2.05) is 0 Å². The summed E-state index contributed by atoms with van der Waals surface area (Å²) >= 11 is 0. The number of rotatable bonds is 6. The van der Waals surface area contributed by atoms with Crippen molar-refractivity contribution in [1.82, 2.24) is 19.8 Å². The molecule has 0 spiro atoms. The van der Waals surface area contributed by atoms with Crippen molar-refractivity contribution in [1.29, 1.82) is 0 Å². The Morgan fingerprint density at radius 3 is 2.85 bits per heavy atom. The number of piperidine rings is 1. The molecule has 20 heavy (non-hydrogen) atoms. The number of nitrogens with zero attached hydrogens (tertiary/aromatic N) is 2. The molecule has 1 aliphatic heterocycles.